The van der Waals surface area contributed by atoms with Gasteiger partial charge in [-0.15, -0.1) is 0 Å². The zero-order chi connectivity index (χ0) is 19.6. The number of aromatic amines is 1. The summed E-state index contributed by atoms with van der Waals surface area (Å²) in [4.78, 5) is 15.8. The summed E-state index contributed by atoms with van der Waals surface area (Å²) in [7, 11) is 0. The molecule has 0 aliphatic carbocycles. The highest BCUT2D eigenvalue weighted by Crippen LogP contribution is 2.27. The first-order valence-corrected chi connectivity index (χ1v) is 7.86. The Hall–Kier alpha value is -3.46. The highest BCUT2D eigenvalue weighted by molar-refractivity contribution is 6.30. The van der Waals surface area contributed by atoms with E-state index in [9.17, 15) is 13.6 Å². The van der Waals surface area contributed by atoms with E-state index in [4.69, 9.17) is 22.4 Å². The average Bonchev–Trinajstić information content (AvgIpc) is 3.00. The van der Waals surface area contributed by atoms with Gasteiger partial charge in [-0.05, 0) is 35.9 Å². The van der Waals surface area contributed by atoms with E-state index in [2.05, 4.69) is 20.5 Å². The van der Waals surface area contributed by atoms with E-state index in [0.29, 0.717) is 10.7 Å². The van der Waals surface area contributed by atoms with Gasteiger partial charge in [0.05, 0.1) is 0 Å². The molecule has 138 valence electrons. The minimum atomic E-state index is -1.14. The van der Waals surface area contributed by atoms with Gasteiger partial charge in [0.25, 0.3) is 5.91 Å². The zero-order valence-corrected chi connectivity index (χ0v) is 14.3. The first kappa shape index (κ1) is 18.3. The topological polar surface area (TPSA) is 116 Å². The number of nitrogens with zero attached hydrogens (tertiary/aromatic N) is 2. The number of hydrogen-bond acceptors (Lipinski definition) is 5. The summed E-state index contributed by atoms with van der Waals surface area (Å²) < 4.78 is 26.8. The second kappa shape index (κ2) is 7.42. The van der Waals surface area contributed by atoms with Crippen molar-refractivity contribution in [3.63, 3.8) is 0 Å². The van der Waals surface area contributed by atoms with E-state index >= 15 is 0 Å². The van der Waals surface area contributed by atoms with Gasteiger partial charge in [-0.25, -0.2) is 13.8 Å². The Balaban J connectivity index is 1.92. The van der Waals surface area contributed by atoms with Crippen LogP contribution in [0.15, 0.2) is 41.4 Å². The molecular weight excluding hydrogens is 380 g/mol. The predicted molar refractivity (Wildman–Crippen MR) is 97.1 cm³/mol. The van der Waals surface area contributed by atoms with Crippen LogP contribution >= 0.6 is 11.6 Å². The van der Waals surface area contributed by atoms with Gasteiger partial charge in [-0.2, -0.15) is 5.10 Å². The van der Waals surface area contributed by atoms with Crippen LogP contribution in [0.2, 0.25) is 5.02 Å². The number of nitrogens with two attached hydrogens (primary N) is 1. The molecule has 2 aromatic carbocycles. The summed E-state index contributed by atoms with van der Waals surface area (Å²) in [6.07, 6.45) is 1.09. The molecule has 5 N–H and O–H groups in total. The molecule has 0 bridgehead atoms. The number of nitrogens with one attached hydrogen (secondary N) is 2. The molecule has 0 saturated carbocycles. The lowest BCUT2D eigenvalue weighted by Gasteiger charge is -2.05. The van der Waals surface area contributed by atoms with Gasteiger partial charge in [0.1, 0.15) is 5.56 Å². The Morgan fingerprint density at radius 1 is 1.30 bits per heavy atom. The second-order valence-electron chi connectivity index (χ2n) is 5.39. The van der Waals surface area contributed by atoms with Crippen LogP contribution in [0.5, 0.6) is 5.75 Å². The number of primary amides is 1. The fourth-order valence-corrected chi connectivity index (χ4v) is 2.44. The summed E-state index contributed by atoms with van der Waals surface area (Å²) >= 11 is 5.91. The number of carbonyl (C=O) groups excluding carboxylic acids is 1. The lowest BCUT2D eigenvalue weighted by molar-refractivity contribution is 0.100. The van der Waals surface area contributed by atoms with Crippen molar-refractivity contribution in [2.24, 2.45) is 10.7 Å². The molecule has 1 amide bonds. The van der Waals surface area contributed by atoms with E-state index in [1.54, 1.807) is 24.3 Å². The molecule has 7 nitrogen and oxygen atoms in total. The Labute approximate surface area is 156 Å². The number of carbonyl (C=O) groups is 1. The third kappa shape index (κ3) is 4.04. The number of H-pyrrole nitrogens is 1. The molecule has 27 heavy (non-hydrogen) atoms. The van der Waals surface area contributed by atoms with Gasteiger partial charge in [0, 0.05) is 16.9 Å². The summed E-state index contributed by atoms with van der Waals surface area (Å²) in [6.45, 7) is 0. The van der Waals surface area contributed by atoms with Crippen LogP contribution < -0.4 is 11.1 Å². The SMILES string of the molecule is NC(=O)c1c(Nc2cccc(Cl)c2)n[nH]c1/N=C/c1cc(F)c(O)c(F)c1. The van der Waals surface area contributed by atoms with Gasteiger partial charge in [0.15, 0.2) is 29.0 Å². The number of aliphatic imine (C=N–C) groups is 1. The van der Waals surface area contributed by atoms with Crippen LogP contribution in [0.1, 0.15) is 15.9 Å². The Morgan fingerprint density at radius 3 is 2.63 bits per heavy atom. The van der Waals surface area contributed by atoms with Crippen LogP contribution in [-0.4, -0.2) is 27.4 Å². The molecule has 0 fully saturated rings. The molecule has 1 aromatic heterocycles. The van der Waals surface area contributed by atoms with Crippen molar-refractivity contribution in [1.82, 2.24) is 10.2 Å². The molecule has 0 radical (unpaired) electrons. The number of amides is 1. The standard InChI is InChI=1S/C17H12ClF2N5O2/c18-9-2-1-3-10(6-9)23-17-13(15(21)27)16(24-25-17)22-7-8-4-11(19)14(26)12(20)5-8/h1-7,26H,(H2,21,27)(H2,23,24,25)/b22-7+. The maximum absolute atomic E-state index is 13.4. The fourth-order valence-electron chi connectivity index (χ4n) is 2.25. The molecule has 0 aliphatic heterocycles. The van der Waals surface area contributed by atoms with E-state index in [-0.39, 0.29) is 22.8 Å². The van der Waals surface area contributed by atoms with Crippen LogP contribution in [0.3, 0.4) is 0 Å². The van der Waals surface area contributed by atoms with Crippen molar-refractivity contribution in [1.29, 1.82) is 0 Å². The molecule has 0 atom stereocenters. The quantitative estimate of drug-likeness (QED) is 0.497. The largest absolute Gasteiger partial charge is 0.503 e. The lowest BCUT2D eigenvalue weighted by atomic mass is 10.2. The maximum atomic E-state index is 13.4. The number of halogens is 3. The highest BCUT2D eigenvalue weighted by Gasteiger charge is 2.18. The third-order valence-electron chi connectivity index (χ3n) is 3.46. The van der Waals surface area contributed by atoms with E-state index in [0.717, 1.165) is 18.3 Å². The first-order chi connectivity index (χ1) is 12.8. The highest BCUT2D eigenvalue weighted by atomic mass is 35.5. The number of anilines is 2. The molecule has 0 unspecified atom stereocenters. The van der Waals surface area contributed by atoms with Crippen molar-refractivity contribution in [3.05, 3.63) is 64.2 Å². The van der Waals surface area contributed by atoms with Crippen molar-refractivity contribution in [2.75, 3.05) is 5.32 Å². The number of aromatic hydroxyl groups is 1. The number of phenols is 1. The van der Waals surface area contributed by atoms with Crippen LogP contribution in [-0.2, 0) is 0 Å². The molecule has 10 heteroatoms. The Bertz CT molecular complexity index is 1030. The summed E-state index contributed by atoms with van der Waals surface area (Å²) in [5.74, 6) is -4.08. The molecule has 3 rings (SSSR count). The Kier molecular flexibility index (Phi) is 5.04. The van der Waals surface area contributed by atoms with Gasteiger partial charge < -0.3 is 16.2 Å². The van der Waals surface area contributed by atoms with Gasteiger partial charge in [0.2, 0.25) is 0 Å². The number of phenolic OH excluding ortho intramolecular Hbond substituents is 1. The smallest absolute Gasteiger partial charge is 0.256 e. The number of hydrogen-bond donors (Lipinski definition) is 4. The molecule has 0 saturated heterocycles. The monoisotopic (exact) mass is 391 g/mol. The molecule has 1 heterocycles. The lowest BCUT2D eigenvalue weighted by Crippen LogP contribution is -2.12. The van der Waals surface area contributed by atoms with Crippen LogP contribution in [0, 0.1) is 11.6 Å². The van der Waals surface area contributed by atoms with E-state index in [1.807, 2.05) is 0 Å². The van der Waals surface area contributed by atoms with Crippen molar-refractivity contribution >= 4 is 41.0 Å². The first-order valence-electron chi connectivity index (χ1n) is 7.48. The second-order valence-corrected chi connectivity index (χ2v) is 5.82. The van der Waals surface area contributed by atoms with E-state index < -0.39 is 23.3 Å². The Morgan fingerprint density at radius 2 is 2.00 bits per heavy atom. The summed E-state index contributed by atoms with van der Waals surface area (Å²) in [5.41, 5.74) is 5.93. The van der Waals surface area contributed by atoms with E-state index in [1.165, 1.54) is 0 Å². The number of aromatic nitrogens is 2. The molecule has 0 spiro atoms. The fraction of sp³-hybridized carbons (Fsp3) is 0. The molecule has 0 aliphatic rings. The van der Waals surface area contributed by atoms with Crippen molar-refractivity contribution in [2.45, 2.75) is 0 Å². The van der Waals surface area contributed by atoms with Crippen molar-refractivity contribution in [3.8, 4) is 5.75 Å². The van der Waals surface area contributed by atoms with Gasteiger partial charge >= 0.3 is 0 Å². The minimum Gasteiger partial charge on any atom is -0.503 e. The zero-order valence-electron chi connectivity index (χ0n) is 13.5. The predicted octanol–water partition coefficient (Wildman–Crippen LogP) is 3.64. The van der Waals surface area contributed by atoms with Gasteiger partial charge in [-0.1, -0.05) is 17.7 Å². The molecular formula is C17H12ClF2N5O2. The molecule has 3 aromatic rings. The number of rotatable bonds is 5. The normalized spacial score (nSPS) is 11.1. The van der Waals surface area contributed by atoms with Crippen LogP contribution in [0.4, 0.5) is 26.1 Å². The summed E-state index contributed by atoms with van der Waals surface area (Å²) in [6, 6.07) is 8.47. The summed E-state index contributed by atoms with van der Waals surface area (Å²) in [5, 5.41) is 18.9. The van der Waals surface area contributed by atoms with Crippen molar-refractivity contribution < 1.29 is 18.7 Å². The van der Waals surface area contributed by atoms with Crippen LogP contribution in [0.25, 0.3) is 0 Å². The number of benzene rings is 2. The maximum Gasteiger partial charge on any atom is 0.256 e. The average molecular weight is 392 g/mol. The third-order valence-corrected chi connectivity index (χ3v) is 3.70. The minimum absolute atomic E-state index is 0.0130. The van der Waals surface area contributed by atoms with Gasteiger partial charge in [-0.3, -0.25) is 9.89 Å².